The molecule has 72 valence electrons. The zero-order valence-corrected chi connectivity index (χ0v) is 8.05. The van der Waals surface area contributed by atoms with Crippen LogP contribution in [0.1, 0.15) is 19.5 Å². The predicted molar refractivity (Wildman–Crippen MR) is 50.7 cm³/mol. The first kappa shape index (κ1) is 10.1. The summed E-state index contributed by atoms with van der Waals surface area (Å²) in [4.78, 5) is 3.94. The maximum atomic E-state index is 12.5. The first-order chi connectivity index (χ1) is 6.18. The Morgan fingerprint density at radius 1 is 1.46 bits per heavy atom. The molecule has 1 rings (SSSR count). The summed E-state index contributed by atoms with van der Waals surface area (Å²) in [5, 5.41) is 3.24. The van der Waals surface area contributed by atoms with Gasteiger partial charge in [0.05, 0.1) is 11.9 Å². The Morgan fingerprint density at radius 2 is 2.23 bits per heavy atom. The van der Waals surface area contributed by atoms with Crippen molar-refractivity contribution >= 4 is 0 Å². The molecule has 0 atom stereocenters. The van der Waals surface area contributed by atoms with Crippen LogP contribution in [0, 0.1) is 11.7 Å². The van der Waals surface area contributed by atoms with Gasteiger partial charge in [0.25, 0.3) is 0 Å². The Labute approximate surface area is 78.2 Å². The van der Waals surface area contributed by atoms with Crippen LogP contribution in [0.4, 0.5) is 4.39 Å². The summed E-state index contributed by atoms with van der Waals surface area (Å²) in [7, 11) is 0. The zero-order valence-electron chi connectivity index (χ0n) is 8.05. The number of hydrogen-bond acceptors (Lipinski definition) is 2. The molecule has 0 amide bonds. The molecule has 0 aliphatic carbocycles. The summed E-state index contributed by atoms with van der Waals surface area (Å²) in [5.74, 6) is 0.341. The second-order valence-electron chi connectivity index (χ2n) is 3.49. The van der Waals surface area contributed by atoms with Gasteiger partial charge in [-0.15, -0.1) is 0 Å². The second-order valence-corrected chi connectivity index (χ2v) is 3.49. The molecule has 1 aromatic rings. The molecule has 0 unspecified atom stereocenters. The Balaban J connectivity index is 2.33. The molecule has 2 nitrogen and oxygen atoms in total. The summed E-state index contributed by atoms with van der Waals surface area (Å²) >= 11 is 0. The van der Waals surface area contributed by atoms with E-state index in [0.29, 0.717) is 12.5 Å². The molecule has 0 fully saturated rings. The third-order valence-corrected chi connectivity index (χ3v) is 1.65. The van der Waals surface area contributed by atoms with E-state index >= 15 is 0 Å². The van der Waals surface area contributed by atoms with E-state index in [4.69, 9.17) is 0 Å². The standard InChI is InChI=1S/C10H15FN2/c1-8(2)5-12-7-10-4-3-9(11)6-13-10/h3-4,6,8,12H,5,7H2,1-2H3. The number of aromatic nitrogens is 1. The van der Waals surface area contributed by atoms with E-state index in [1.165, 1.54) is 12.3 Å². The number of halogens is 1. The molecule has 0 radical (unpaired) electrons. The van der Waals surface area contributed by atoms with Crippen LogP contribution in [0.25, 0.3) is 0 Å². The van der Waals surface area contributed by atoms with E-state index in [2.05, 4.69) is 24.1 Å². The van der Waals surface area contributed by atoms with Gasteiger partial charge in [-0.1, -0.05) is 13.8 Å². The Bertz CT molecular complexity index is 244. The van der Waals surface area contributed by atoms with Gasteiger partial charge in [0.2, 0.25) is 0 Å². The maximum absolute atomic E-state index is 12.5. The molecule has 0 aliphatic heterocycles. The van der Waals surface area contributed by atoms with Crippen molar-refractivity contribution in [1.29, 1.82) is 0 Å². The van der Waals surface area contributed by atoms with Crippen LogP contribution in [0.5, 0.6) is 0 Å². The average Bonchev–Trinajstić information content (AvgIpc) is 2.08. The Morgan fingerprint density at radius 3 is 2.77 bits per heavy atom. The van der Waals surface area contributed by atoms with Crippen LogP contribution in [0.3, 0.4) is 0 Å². The van der Waals surface area contributed by atoms with Crippen molar-refractivity contribution in [1.82, 2.24) is 10.3 Å². The van der Waals surface area contributed by atoms with Gasteiger partial charge in [-0.25, -0.2) is 4.39 Å². The minimum absolute atomic E-state index is 0.285. The van der Waals surface area contributed by atoms with Gasteiger partial charge in [-0.2, -0.15) is 0 Å². The fourth-order valence-electron chi connectivity index (χ4n) is 1.000. The average molecular weight is 182 g/mol. The number of hydrogen-bond donors (Lipinski definition) is 1. The summed E-state index contributed by atoms with van der Waals surface area (Å²) < 4.78 is 12.5. The van der Waals surface area contributed by atoms with E-state index in [1.807, 2.05) is 0 Å². The largest absolute Gasteiger partial charge is 0.311 e. The number of nitrogens with zero attached hydrogens (tertiary/aromatic N) is 1. The van der Waals surface area contributed by atoms with Crippen molar-refractivity contribution in [2.24, 2.45) is 5.92 Å². The van der Waals surface area contributed by atoms with Crippen molar-refractivity contribution in [2.75, 3.05) is 6.54 Å². The molecule has 0 bridgehead atoms. The van der Waals surface area contributed by atoms with Gasteiger partial charge < -0.3 is 5.32 Å². The van der Waals surface area contributed by atoms with Gasteiger partial charge in [-0.3, -0.25) is 4.98 Å². The molecule has 1 N–H and O–H groups in total. The summed E-state index contributed by atoms with van der Waals surface area (Å²) in [6.45, 7) is 5.95. The summed E-state index contributed by atoms with van der Waals surface area (Å²) in [5.41, 5.74) is 0.877. The molecular formula is C10H15FN2. The molecule has 0 spiro atoms. The lowest BCUT2D eigenvalue weighted by atomic mass is 10.2. The third kappa shape index (κ3) is 3.99. The van der Waals surface area contributed by atoms with Crippen LogP contribution < -0.4 is 5.32 Å². The summed E-state index contributed by atoms with van der Waals surface area (Å²) in [6, 6.07) is 3.13. The fourth-order valence-corrected chi connectivity index (χ4v) is 1.000. The monoisotopic (exact) mass is 182 g/mol. The van der Waals surface area contributed by atoms with Crippen LogP contribution in [-0.2, 0) is 6.54 Å². The number of pyridine rings is 1. The van der Waals surface area contributed by atoms with Crippen LogP contribution in [0.2, 0.25) is 0 Å². The molecule has 1 heterocycles. The van der Waals surface area contributed by atoms with Crippen LogP contribution in [-0.4, -0.2) is 11.5 Å². The molecule has 13 heavy (non-hydrogen) atoms. The minimum atomic E-state index is -0.285. The van der Waals surface area contributed by atoms with Crippen molar-refractivity contribution in [3.05, 3.63) is 29.8 Å². The SMILES string of the molecule is CC(C)CNCc1ccc(F)cn1. The van der Waals surface area contributed by atoms with Gasteiger partial charge in [0.15, 0.2) is 0 Å². The molecular weight excluding hydrogens is 167 g/mol. The minimum Gasteiger partial charge on any atom is -0.311 e. The highest BCUT2D eigenvalue weighted by molar-refractivity contribution is 5.04. The first-order valence-electron chi connectivity index (χ1n) is 4.49. The lowest BCUT2D eigenvalue weighted by Gasteiger charge is -2.06. The van der Waals surface area contributed by atoms with E-state index in [1.54, 1.807) is 6.07 Å². The molecule has 0 aliphatic rings. The van der Waals surface area contributed by atoms with Gasteiger partial charge >= 0.3 is 0 Å². The van der Waals surface area contributed by atoms with Crippen molar-refractivity contribution in [2.45, 2.75) is 20.4 Å². The number of nitrogens with one attached hydrogen (secondary N) is 1. The highest BCUT2D eigenvalue weighted by atomic mass is 19.1. The van der Waals surface area contributed by atoms with Crippen LogP contribution >= 0.6 is 0 Å². The van der Waals surface area contributed by atoms with Crippen molar-refractivity contribution in [3.8, 4) is 0 Å². The fraction of sp³-hybridized carbons (Fsp3) is 0.500. The predicted octanol–water partition coefficient (Wildman–Crippen LogP) is 1.97. The second kappa shape index (κ2) is 4.92. The topological polar surface area (TPSA) is 24.9 Å². The van der Waals surface area contributed by atoms with Gasteiger partial charge in [0.1, 0.15) is 5.82 Å². The Kier molecular flexibility index (Phi) is 3.83. The molecule has 0 saturated heterocycles. The van der Waals surface area contributed by atoms with Crippen molar-refractivity contribution < 1.29 is 4.39 Å². The normalized spacial score (nSPS) is 10.8. The zero-order chi connectivity index (χ0) is 9.68. The van der Waals surface area contributed by atoms with E-state index in [-0.39, 0.29) is 5.82 Å². The molecule has 0 saturated carbocycles. The highest BCUT2D eigenvalue weighted by Crippen LogP contribution is 1.97. The number of rotatable bonds is 4. The highest BCUT2D eigenvalue weighted by Gasteiger charge is 1.96. The first-order valence-corrected chi connectivity index (χ1v) is 4.49. The smallest absolute Gasteiger partial charge is 0.141 e. The maximum Gasteiger partial charge on any atom is 0.141 e. The molecule has 0 aromatic carbocycles. The van der Waals surface area contributed by atoms with Gasteiger partial charge in [-0.05, 0) is 24.6 Å². The third-order valence-electron chi connectivity index (χ3n) is 1.65. The van der Waals surface area contributed by atoms with Crippen molar-refractivity contribution in [3.63, 3.8) is 0 Å². The lowest BCUT2D eigenvalue weighted by Crippen LogP contribution is -2.19. The van der Waals surface area contributed by atoms with E-state index < -0.39 is 0 Å². The lowest BCUT2D eigenvalue weighted by molar-refractivity contribution is 0.546. The molecule has 1 aromatic heterocycles. The van der Waals surface area contributed by atoms with E-state index in [0.717, 1.165) is 12.2 Å². The molecule has 3 heteroatoms. The Hall–Kier alpha value is -0.960. The quantitative estimate of drug-likeness (QED) is 0.770. The summed E-state index contributed by atoms with van der Waals surface area (Å²) in [6.07, 6.45) is 1.24. The van der Waals surface area contributed by atoms with E-state index in [9.17, 15) is 4.39 Å². The van der Waals surface area contributed by atoms with Gasteiger partial charge in [0, 0.05) is 6.54 Å². The van der Waals surface area contributed by atoms with Crippen LogP contribution in [0.15, 0.2) is 18.3 Å².